The predicted octanol–water partition coefficient (Wildman–Crippen LogP) is 3.71. The second-order valence-electron chi connectivity index (χ2n) is 4.75. The molecule has 0 bridgehead atoms. The van der Waals surface area contributed by atoms with E-state index in [1.54, 1.807) is 6.07 Å². The fourth-order valence-corrected chi connectivity index (χ4v) is 2.36. The number of halogens is 1. The lowest BCUT2D eigenvalue weighted by atomic mass is 10.1. The van der Waals surface area contributed by atoms with Gasteiger partial charge in [0.15, 0.2) is 0 Å². The number of aromatic nitrogens is 1. The summed E-state index contributed by atoms with van der Waals surface area (Å²) in [6.45, 7) is 0. The maximum Gasteiger partial charge on any atom is 0.228 e. The Balaban J connectivity index is 1.75. The van der Waals surface area contributed by atoms with E-state index in [1.165, 1.54) is 12.1 Å². The number of aromatic hydroxyl groups is 1. The molecule has 21 heavy (non-hydrogen) atoms. The normalized spacial score (nSPS) is 10.7. The number of para-hydroxylation sites is 1. The van der Waals surface area contributed by atoms with Crippen molar-refractivity contribution in [2.24, 2.45) is 0 Å². The summed E-state index contributed by atoms with van der Waals surface area (Å²) in [5.74, 6) is -0.206. The molecule has 106 valence electrons. The summed E-state index contributed by atoms with van der Waals surface area (Å²) >= 11 is 5.73. The Labute approximate surface area is 126 Å². The number of aromatic amines is 1. The summed E-state index contributed by atoms with van der Waals surface area (Å²) in [5, 5.41) is 13.6. The number of carbonyl (C=O) groups excluding carboxylic acids is 1. The number of hydrogen-bond acceptors (Lipinski definition) is 2. The predicted molar refractivity (Wildman–Crippen MR) is 83.7 cm³/mol. The summed E-state index contributed by atoms with van der Waals surface area (Å²) < 4.78 is 0. The van der Waals surface area contributed by atoms with E-state index in [0.717, 1.165) is 16.5 Å². The van der Waals surface area contributed by atoms with Gasteiger partial charge in [-0.15, -0.1) is 0 Å². The van der Waals surface area contributed by atoms with Crippen LogP contribution in [0.25, 0.3) is 10.9 Å². The smallest absolute Gasteiger partial charge is 0.228 e. The standard InChI is InChI=1S/C16H13ClN2O2/c17-13-6-5-11(8-15(13)20)19-16(21)7-10-9-18-14-4-2-1-3-12(10)14/h1-6,8-9,18,20H,7H2,(H,19,21). The number of hydrogen-bond donors (Lipinski definition) is 3. The van der Waals surface area contributed by atoms with Gasteiger partial charge in [0.2, 0.25) is 5.91 Å². The SMILES string of the molecule is O=C(Cc1c[nH]c2ccccc12)Nc1ccc(Cl)c(O)c1. The second-order valence-corrected chi connectivity index (χ2v) is 5.16. The molecule has 0 fully saturated rings. The van der Waals surface area contributed by atoms with Crippen LogP contribution in [-0.2, 0) is 11.2 Å². The van der Waals surface area contributed by atoms with Crippen molar-refractivity contribution >= 4 is 34.1 Å². The Bertz CT molecular complexity index is 811. The highest BCUT2D eigenvalue weighted by atomic mass is 35.5. The third-order valence-electron chi connectivity index (χ3n) is 3.26. The highest BCUT2D eigenvalue weighted by Crippen LogP contribution is 2.26. The molecule has 0 aliphatic rings. The molecule has 1 aromatic heterocycles. The van der Waals surface area contributed by atoms with E-state index >= 15 is 0 Å². The van der Waals surface area contributed by atoms with Crippen molar-refractivity contribution in [3.8, 4) is 5.75 Å². The van der Waals surface area contributed by atoms with Gasteiger partial charge in [-0.05, 0) is 23.8 Å². The molecule has 3 rings (SSSR count). The Morgan fingerprint density at radius 3 is 2.86 bits per heavy atom. The molecule has 1 heterocycles. The monoisotopic (exact) mass is 300 g/mol. The van der Waals surface area contributed by atoms with E-state index in [-0.39, 0.29) is 23.1 Å². The van der Waals surface area contributed by atoms with Gasteiger partial charge < -0.3 is 15.4 Å². The average Bonchev–Trinajstić information content (AvgIpc) is 2.86. The number of amides is 1. The van der Waals surface area contributed by atoms with Crippen LogP contribution in [0, 0.1) is 0 Å². The number of phenolic OH excluding ortho intramolecular Hbond substituents is 1. The van der Waals surface area contributed by atoms with Gasteiger partial charge in [0.25, 0.3) is 0 Å². The molecule has 0 saturated carbocycles. The van der Waals surface area contributed by atoms with E-state index in [2.05, 4.69) is 10.3 Å². The van der Waals surface area contributed by atoms with E-state index < -0.39 is 0 Å². The van der Waals surface area contributed by atoms with Crippen LogP contribution < -0.4 is 5.32 Å². The van der Waals surface area contributed by atoms with E-state index in [1.807, 2.05) is 30.5 Å². The number of benzene rings is 2. The zero-order chi connectivity index (χ0) is 14.8. The van der Waals surface area contributed by atoms with Crippen LogP contribution in [0.1, 0.15) is 5.56 Å². The summed E-state index contributed by atoms with van der Waals surface area (Å²) in [6, 6.07) is 12.4. The lowest BCUT2D eigenvalue weighted by molar-refractivity contribution is -0.115. The Morgan fingerprint density at radius 2 is 2.05 bits per heavy atom. The van der Waals surface area contributed by atoms with E-state index in [9.17, 15) is 9.90 Å². The highest BCUT2D eigenvalue weighted by Gasteiger charge is 2.09. The van der Waals surface area contributed by atoms with Crippen molar-refractivity contribution in [2.75, 3.05) is 5.32 Å². The van der Waals surface area contributed by atoms with Gasteiger partial charge in [-0.2, -0.15) is 0 Å². The quantitative estimate of drug-likeness (QED) is 0.690. The van der Waals surface area contributed by atoms with Gasteiger partial charge in [-0.1, -0.05) is 29.8 Å². The topological polar surface area (TPSA) is 65.1 Å². The van der Waals surface area contributed by atoms with Crippen molar-refractivity contribution in [3.63, 3.8) is 0 Å². The Hall–Kier alpha value is -2.46. The Morgan fingerprint density at radius 1 is 1.24 bits per heavy atom. The number of phenols is 1. The number of nitrogens with one attached hydrogen (secondary N) is 2. The number of anilines is 1. The van der Waals surface area contributed by atoms with Crippen LogP contribution in [0.15, 0.2) is 48.7 Å². The van der Waals surface area contributed by atoms with E-state index in [4.69, 9.17) is 11.6 Å². The highest BCUT2D eigenvalue weighted by molar-refractivity contribution is 6.32. The lowest BCUT2D eigenvalue weighted by Crippen LogP contribution is -2.14. The summed E-state index contributed by atoms with van der Waals surface area (Å²) in [4.78, 5) is 15.2. The van der Waals surface area contributed by atoms with Gasteiger partial charge in [-0.25, -0.2) is 0 Å². The number of carbonyl (C=O) groups is 1. The van der Waals surface area contributed by atoms with Crippen LogP contribution in [0.3, 0.4) is 0 Å². The second kappa shape index (κ2) is 5.50. The molecule has 0 aliphatic heterocycles. The molecule has 0 atom stereocenters. The average molecular weight is 301 g/mol. The number of rotatable bonds is 3. The van der Waals surface area contributed by atoms with Crippen molar-refractivity contribution in [1.82, 2.24) is 4.98 Å². The van der Waals surface area contributed by atoms with Crippen molar-refractivity contribution in [2.45, 2.75) is 6.42 Å². The first-order chi connectivity index (χ1) is 10.1. The molecule has 0 saturated heterocycles. The molecule has 0 spiro atoms. The molecule has 1 amide bonds. The fraction of sp³-hybridized carbons (Fsp3) is 0.0625. The third kappa shape index (κ3) is 2.85. The first kappa shape index (κ1) is 13.5. The van der Waals surface area contributed by atoms with E-state index in [0.29, 0.717) is 5.69 Å². The maximum absolute atomic E-state index is 12.1. The van der Waals surface area contributed by atoms with Gasteiger partial charge in [0, 0.05) is 28.9 Å². The number of H-pyrrole nitrogens is 1. The molecule has 4 nitrogen and oxygen atoms in total. The fourth-order valence-electron chi connectivity index (χ4n) is 2.25. The number of fused-ring (bicyclic) bond motifs is 1. The lowest BCUT2D eigenvalue weighted by Gasteiger charge is -2.06. The van der Waals surface area contributed by atoms with Crippen LogP contribution in [-0.4, -0.2) is 16.0 Å². The third-order valence-corrected chi connectivity index (χ3v) is 3.58. The molecule has 3 aromatic rings. The molecular formula is C16H13ClN2O2. The van der Waals surface area contributed by atoms with Crippen molar-refractivity contribution in [3.05, 3.63) is 59.2 Å². The summed E-state index contributed by atoms with van der Waals surface area (Å²) in [7, 11) is 0. The zero-order valence-corrected chi connectivity index (χ0v) is 11.8. The maximum atomic E-state index is 12.1. The zero-order valence-electron chi connectivity index (χ0n) is 11.1. The molecule has 5 heteroatoms. The minimum Gasteiger partial charge on any atom is -0.506 e. The first-order valence-electron chi connectivity index (χ1n) is 6.47. The summed E-state index contributed by atoms with van der Waals surface area (Å²) in [5.41, 5.74) is 2.45. The van der Waals surface area contributed by atoms with Gasteiger partial charge >= 0.3 is 0 Å². The molecule has 3 N–H and O–H groups in total. The minimum atomic E-state index is -0.151. The molecule has 0 radical (unpaired) electrons. The van der Waals surface area contributed by atoms with Crippen molar-refractivity contribution in [1.29, 1.82) is 0 Å². The largest absolute Gasteiger partial charge is 0.506 e. The minimum absolute atomic E-state index is 0.0541. The molecule has 2 aromatic carbocycles. The van der Waals surface area contributed by atoms with Gasteiger partial charge in [-0.3, -0.25) is 4.79 Å². The van der Waals surface area contributed by atoms with Crippen LogP contribution in [0.5, 0.6) is 5.75 Å². The summed E-state index contributed by atoms with van der Waals surface area (Å²) in [6.07, 6.45) is 2.09. The van der Waals surface area contributed by atoms with Crippen LogP contribution >= 0.6 is 11.6 Å². The van der Waals surface area contributed by atoms with Gasteiger partial charge in [0.05, 0.1) is 11.4 Å². The Kier molecular flexibility index (Phi) is 3.54. The molecular weight excluding hydrogens is 288 g/mol. The van der Waals surface area contributed by atoms with Crippen molar-refractivity contribution < 1.29 is 9.90 Å². The van der Waals surface area contributed by atoms with Crippen LogP contribution in [0.4, 0.5) is 5.69 Å². The first-order valence-corrected chi connectivity index (χ1v) is 6.84. The molecule has 0 aliphatic carbocycles. The molecule has 0 unspecified atom stereocenters. The van der Waals surface area contributed by atoms with Gasteiger partial charge in [0.1, 0.15) is 5.75 Å². The van der Waals surface area contributed by atoms with Crippen LogP contribution in [0.2, 0.25) is 5.02 Å².